The molecule has 7 heteroatoms. The van der Waals surface area contributed by atoms with Crippen molar-refractivity contribution < 1.29 is 9.47 Å². The predicted molar refractivity (Wildman–Crippen MR) is 106 cm³/mol. The number of ether oxygens (including phenoxy) is 2. The number of methoxy groups -OCH3 is 2. The van der Waals surface area contributed by atoms with E-state index in [0.29, 0.717) is 29.7 Å². The van der Waals surface area contributed by atoms with E-state index in [4.69, 9.17) is 15.2 Å². The average molecular weight is 365 g/mol. The van der Waals surface area contributed by atoms with Gasteiger partial charge in [0, 0.05) is 25.0 Å². The number of hydrogen-bond acceptors (Lipinski definition) is 4. The molecule has 7 nitrogen and oxygen atoms in total. The molecule has 0 bridgehead atoms. The van der Waals surface area contributed by atoms with Crippen molar-refractivity contribution in [1.82, 2.24) is 9.55 Å². The topological polar surface area (TPSA) is 86.7 Å². The second kappa shape index (κ2) is 8.75. The van der Waals surface area contributed by atoms with E-state index in [1.165, 1.54) is 5.56 Å². The number of benzene rings is 2. The molecule has 0 saturated heterocycles. The maximum Gasteiger partial charge on any atom is 0.193 e. The quantitative estimate of drug-likeness (QED) is 0.497. The summed E-state index contributed by atoms with van der Waals surface area (Å²) in [5.74, 6) is 1.68. The van der Waals surface area contributed by atoms with Gasteiger partial charge >= 0.3 is 0 Å². The van der Waals surface area contributed by atoms with Crippen LogP contribution in [0.25, 0.3) is 0 Å². The first-order valence-electron chi connectivity index (χ1n) is 8.50. The largest absolute Gasteiger partial charge is 0.497 e. The van der Waals surface area contributed by atoms with Gasteiger partial charge in [-0.3, -0.25) is 0 Å². The molecule has 1 heterocycles. The summed E-state index contributed by atoms with van der Waals surface area (Å²) in [5, 5.41) is 3.06. The lowest BCUT2D eigenvalue weighted by Gasteiger charge is -2.12. The Hall–Kier alpha value is -3.48. The van der Waals surface area contributed by atoms with Crippen LogP contribution in [0.5, 0.6) is 11.5 Å². The van der Waals surface area contributed by atoms with Gasteiger partial charge in [0.05, 0.1) is 32.8 Å². The second-order valence-electron chi connectivity index (χ2n) is 5.94. The van der Waals surface area contributed by atoms with Crippen LogP contribution in [0.15, 0.2) is 66.2 Å². The lowest BCUT2D eigenvalue weighted by Crippen LogP contribution is -2.23. The van der Waals surface area contributed by atoms with Gasteiger partial charge in [0.15, 0.2) is 5.96 Å². The van der Waals surface area contributed by atoms with E-state index in [1.807, 2.05) is 29.0 Å². The fraction of sp³-hybridized carbons (Fsp3) is 0.200. The highest BCUT2D eigenvalue weighted by atomic mass is 16.5. The molecule has 0 aliphatic rings. The molecule has 3 N–H and O–H groups in total. The zero-order chi connectivity index (χ0) is 19.1. The molecular weight excluding hydrogens is 342 g/mol. The Kier molecular flexibility index (Phi) is 5.94. The van der Waals surface area contributed by atoms with Crippen molar-refractivity contribution in [2.75, 3.05) is 19.5 Å². The molecule has 0 spiro atoms. The third-order valence-electron chi connectivity index (χ3n) is 4.05. The minimum absolute atomic E-state index is 0.309. The van der Waals surface area contributed by atoms with E-state index in [2.05, 4.69) is 39.6 Å². The Morgan fingerprint density at radius 1 is 1.11 bits per heavy atom. The molecule has 27 heavy (non-hydrogen) atoms. The van der Waals surface area contributed by atoms with Crippen LogP contribution in [0.2, 0.25) is 0 Å². The number of imidazole rings is 1. The molecule has 0 fully saturated rings. The predicted octanol–water partition coefficient (Wildman–Crippen LogP) is 2.88. The number of hydrogen-bond donors (Lipinski definition) is 2. The number of guanidine groups is 1. The van der Waals surface area contributed by atoms with E-state index >= 15 is 0 Å². The van der Waals surface area contributed by atoms with Crippen molar-refractivity contribution in [3.8, 4) is 11.5 Å². The molecule has 3 rings (SSSR count). The van der Waals surface area contributed by atoms with E-state index < -0.39 is 0 Å². The Labute approximate surface area is 158 Å². The van der Waals surface area contributed by atoms with Crippen LogP contribution < -0.4 is 20.5 Å². The van der Waals surface area contributed by atoms with E-state index in [1.54, 1.807) is 26.7 Å². The summed E-state index contributed by atoms with van der Waals surface area (Å²) in [5.41, 5.74) is 9.00. The van der Waals surface area contributed by atoms with Crippen LogP contribution >= 0.6 is 0 Å². The third kappa shape index (κ3) is 5.01. The van der Waals surface area contributed by atoms with Crippen LogP contribution in [-0.4, -0.2) is 29.7 Å². The number of nitrogens with one attached hydrogen (secondary N) is 1. The maximum absolute atomic E-state index is 6.02. The average Bonchev–Trinajstić information content (AvgIpc) is 3.20. The SMILES string of the molecule is COc1ccc(OC)c(NC(N)=NCc2ccc(Cn3ccnc3)cc2)c1. The molecule has 0 amide bonds. The highest BCUT2D eigenvalue weighted by Crippen LogP contribution is 2.28. The maximum atomic E-state index is 6.02. The van der Waals surface area contributed by atoms with Crippen molar-refractivity contribution in [2.45, 2.75) is 13.1 Å². The zero-order valence-corrected chi connectivity index (χ0v) is 15.4. The number of aliphatic imine (C=N–C) groups is 1. The summed E-state index contributed by atoms with van der Waals surface area (Å²) in [7, 11) is 3.21. The van der Waals surface area contributed by atoms with Gasteiger partial charge in [-0.05, 0) is 23.3 Å². The summed E-state index contributed by atoms with van der Waals surface area (Å²) in [6.07, 6.45) is 5.52. The molecule has 140 valence electrons. The molecule has 3 aromatic rings. The van der Waals surface area contributed by atoms with Crippen LogP contribution in [0.3, 0.4) is 0 Å². The van der Waals surface area contributed by atoms with Crippen molar-refractivity contribution in [1.29, 1.82) is 0 Å². The minimum atomic E-state index is 0.309. The lowest BCUT2D eigenvalue weighted by molar-refractivity contribution is 0.405. The summed E-state index contributed by atoms with van der Waals surface area (Å²) in [4.78, 5) is 8.45. The summed E-state index contributed by atoms with van der Waals surface area (Å²) in [6.45, 7) is 1.28. The Bertz CT molecular complexity index is 889. The zero-order valence-electron chi connectivity index (χ0n) is 15.4. The van der Waals surface area contributed by atoms with Crippen LogP contribution in [0, 0.1) is 0 Å². The fourth-order valence-corrected chi connectivity index (χ4v) is 2.61. The third-order valence-corrected chi connectivity index (χ3v) is 4.05. The number of nitrogens with two attached hydrogens (primary N) is 1. The molecule has 0 radical (unpaired) electrons. The molecule has 1 aromatic heterocycles. The normalized spacial score (nSPS) is 11.3. The van der Waals surface area contributed by atoms with Crippen molar-refractivity contribution in [3.05, 3.63) is 72.3 Å². The molecule has 0 saturated carbocycles. The summed E-state index contributed by atoms with van der Waals surface area (Å²) < 4.78 is 12.6. The number of nitrogens with zero attached hydrogens (tertiary/aromatic N) is 3. The van der Waals surface area contributed by atoms with E-state index in [9.17, 15) is 0 Å². The lowest BCUT2D eigenvalue weighted by atomic mass is 10.1. The Balaban J connectivity index is 1.62. The highest BCUT2D eigenvalue weighted by Gasteiger charge is 2.06. The molecule has 0 aliphatic heterocycles. The first-order chi connectivity index (χ1) is 13.2. The monoisotopic (exact) mass is 365 g/mol. The fourth-order valence-electron chi connectivity index (χ4n) is 2.61. The van der Waals surface area contributed by atoms with Crippen LogP contribution in [0.1, 0.15) is 11.1 Å². The molecule has 2 aromatic carbocycles. The van der Waals surface area contributed by atoms with E-state index in [-0.39, 0.29) is 0 Å². The van der Waals surface area contributed by atoms with Crippen molar-refractivity contribution in [2.24, 2.45) is 10.7 Å². The standard InChI is InChI=1S/C20H23N5O2/c1-26-17-7-8-19(27-2)18(11-17)24-20(21)23-12-15-3-5-16(6-4-15)13-25-10-9-22-14-25/h3-11,14H,12-13H2,1-2H3,(H3,21,23,24). The van der Waals surface area contributed by atoms with E-state index in [0.717, 1.165) is 12.1 Å². The summed E-state index contributed by atoms with van der Waals surface area (Å²) >= 11 is 0. The van der Waals surface area contributed by atoms with Gasteiger partial charge in [-0.25, -0.2) is 9.98 Å². The number of rotatable bonds is 7. The van der Waals surface area contributed by atoms with Gasteiger partial charge in [0.2, 0.25) is 0 Å². The Morgan fingerprint density at radius 2 is 1.89 bits per heavy atom. The van der Waals surface area contributed by atoms with Gasteiger partial charge in [0.1, 0.15) is 11.5 Å². The molecule has 0 aliphatic carbocycles. The Morgan fingerprint density at radius 3 is 2.56 bits per heavy atom. The van der Waals surface area contributed by atoms with Crippen LogP contribution in [0.4, 0.5) is 5.69 Å². The van der Waals surface area contributed by atoms with Crippen molar-refractivity contribution in [3.63, 3.8) is 0 Å². The first-order valence-corrected chi connectivity index (χ1v) is 8.50. The van der Waals surface area contributed by atoms with Gasteiger partial charge in [-0.2, -0.15) is 0 Å². The van der Waals surface area contributed by atoms with Crippen LogP contribution in [-0.2, 0) is 13.1 Å². The number of anilines is 1. The first kappa shape index (κ1) is 18.3. The second-order valence-corrected chi connectivity index (χ2v) is 5.94. The smallest absolute Gasteiger partial charge is 0.193 e. The van der Waals surface area contributed by atoms with Gasteiger partial charge < -0.3 is 25.1 Å². The molecule has 0 unspecified atom stereocenters. The van der Waals surface area contributed by atoms with Gasteiger partial charge in [-0.15, -0.1) is 0 Å². The minimum Gasteiger partial charge on any atom is -0.497 e. The van der Waals surface area contributed by atoms with Gasteiger partial charge in [0.25, 0.3) is 0 Å². The molecule has 0 atom stereocenters. The number of aromatic nitrogens is 2. The molecular formula is C20H23N5O2. The van der Waals surface area contributed by atoms with Crippen molar-refractivity contribution >= 4 is 11.6 Å². The highest BCUT2D eigenvalue weighted by molar-refractivity contribution is 5.94. The van der Waals surface area contributed by atoms with Gasteiger partial charge in [-0.1, -0.05) is 24.3 Å². The summed E-state index contributed by atoms with van der Waals surface area (Å²) in [6, 6.07) is 13.7.